The van der Waals surface area contributed by atoms with Crippen LogP contribution < -0.4 is 4.74 Å². The van der Waals surface area contributed by atoms with Crippen LogP contribution in [0.25, 0.3) is 0 Å². The van der Waals surface area contributed by atoms with E-state index in [-0.39, 0.29) is 0 Å². The molecule has 0 aliphatic heterocycles. The third-order valence-electron chi connectivity index (χ3n) is 2.23. The Morgan fingerprint density at radius 2 is 1.94 bits per heavy atom. The van der Waals surface area contributed by atoms with Gasteiger partial charge in [0.15, 0.2) is 0 Å². The minimum Gasteiger partial charge on any atom is -0.424 e. The molecule has 2 aromatic rings. The fourth-order valence-corrected chi connectivity index (χ4v) is 1.65. The lowest BCUT2D eigenvalue weighted by atomic mass is 10.3. The Balaban J connectivity index is 2.19. The second-order valence-electron chi connectivity index (χ2n) is 3.45. The minimum absolute atomic E-state index is 0.304. The van der Waals surface area contributed by atoms with Crippen LogP contribution in [0.1, 0.15) is 11.3 Å². The van der Waals surface area contributed by atoms with Gasteiger partial charge >= 0.3 is 6.01 Å². The van der Waals surface area contributed by atoms with E-state index >= 15 is 0 Å². The van der Waals surface area contributed by atoms with E-state index in [1.54, 1.807) is 30.5 Å². The summed E-state index contributed by atoms with van der Waals surface area (Å²) in [5.74, 6) is 1.04. The molecule has 0 amide bonds. The number of alkyl halides is 1. The van der Waals surface area contributed by atoms with Gasteiger partial charge in [-0.25, -0.2) is 4.98 Å². The highest BCUT2D eigenvalue weighted by Crippen LogP contribution is 2.21. The fraction of sp³-hybridized carbons (Fsp3) is 0.167. The first-order valence-electron chi connectivity index (χ1n) is 5.01. The van der Waals surface area contributed by atoms with E-state index in [4.69, 9.17) is 27.9 Å². The second kappa shape index (κ2) is 5.34. The number of rotatable bonds is 3. The standard InChI is InChI=1S/C12H10Cl2N2O/c1-8-9(6-13)7-15-12(16-8)17-11-4-2-10(14)3-5-11/h2-5,7H,6H2,1H3. The van der Waals surface area contributed by atoms with Gasteiger partial charge in [-0.2, -0.15) is 4.98 Å². The van der Waals surface area contributed by atoms with Gasteiger partial charge < -0.3 is 4.74 Å². The van der Waals surface area contributed by atoms with Crippen LogP contribution in [-0.4, -0.2) is 9.97 Å². The molecule has 0 radical (unpaired) electrons. The summed E-state index contributed by atoms with van der Waals surface area (Å²) in [7, 11) is 0. The molecule has 0 bridgehead atoms. The van der Waals surface area contributed by atoms with Crippen LogP contribution in [0.2, 0.25) is 5.02 Å². The Bertz CT molecular complexity index is 514. The van der Waals surface area contributed by atoms with Crippen LogP contribution >= 0.6 is 23.2 Å². The Morgan fingerprint density at radius 3 is 2.53 bits per heavy atom. The highest BCUT2D eigenvalue weighted by Gasteiger charge is 2.04. The number of halogens is 2. The number of hydrogen-bond acceptors (Lipinski definition) is 3. The van der Waals surface area contributed by atoms with Crippen molar-refractivity contribution in [2.24, 2.45) is 0 Å². The van der Waals surface area contributed by atoms with Crippen molar-refractivity contribution < 1.29 is 4.74 Å². The zero-order valence-corrected chi connectivity index (χ0v) is 10.7. The monoisotopic (exact) mass is 268 g/mol. The largest absolute Gasteiger partial charge is 0.424 e. The van der Waals surface area contributed by atoms with Crippen LogP contribution in [0.4, 0.5) is 0 Å². The molecular formula is C12H10Cl2N2O. The van der Waals surface area contributed by atoms with E-state index in [0.717, 1.165) is 11.3 Å². The van der Waals surface area contributed by atoms with Crippen LogP contribution in [-0.2, 0) is 5.88 Å². The number of benzene rings is 1. The molecular weight excluding hydrogens is 259 g/mol. The number of ether oxygens (including phenoxy) is 1. The summed E-state index contributed by atoms with van der Waals surface area (Å²) < 4.78 is 5.49. The zero-order valence-electron chi connectivity index (χ0n) is 9.15. The third-order valence-corrected chi connectivity index (χ3v) is 2.77. The number of nitrogens with zero attached hydrogens (tertiary/aromatic N) is 2. The summed E-state index contributed by atoms with van der Waals surface area (Å²) >= 11 is 11.5. The molecule has 0 aliphatic rings. The molecule has 0 saturated heterocycles. The molecule has 17 heavy (non-hydrogen) atoms. The number of hydrogen-bond donors (Lipinski definition) is 0. The second-order valence-corrected chi connectivity index (χ2v) is 4.16. The smallest absolute Gasteiger partial charge is 0.322 e. The summed E-state index contributed by atoms with van der Waals surface area (Å²) in [6, 6.07) is 7.32. The van der Waals surface area contributed by atoms with E-state index in [0.29, 0.717) is 22.7 Å². The van der Waals surface area contributed by atoms with Crippen molar-refractivity contribution in [3.63, 3.8) is 0 Å². The molecule has 2 rings (SSSR count). The Labute approximate surface area is 109 Å². The predicted molar refractivity (Wildman–Crippen MR) is 67.9 cm³/mol. The average Bonchev–Trinajstić information content (AvgIpc) is 2.32. The number of aromatic nitrogens is 2. The Kier molecular flexibility index (Phi) is 3.82. The lowest BCUT2D eigenvalue weighted by molar-refractivity contribution is 0.439. The molecule has 0 saturated carbocycles. The molecule has 0 aliphatic carbocycles. The third kappa shape index (κ3) is 3.08. The first-order chi connectivity index (χ1) is 8.19. The summed E-state index contributed by atoms with van der Waals surface area (Å²) in [6.45, 7) is 1.87. The average molecular weight is 269 g/mol. The molecule has 1 aromatic carbocycles. The SMILES string of the molecule is Cc1nc(Oc2ccc(Cl)cc2)ncc1CCl. The van der Waals surface area contributed by atoms with Crippen molar-refractivity contribution in [2.75, 3.05) is 0 Å². The van der Waals surface area contributed by atoms with E-state index in [9.17, 15) is 0 Å². The molecule has 0 atom stereocenters. The molecule has 0 spiro atoms. The molecule has 0 fully saturated rings. The quantitative estimate of drug-likeness (QED) is 0.791. The van der Waals surface area contributed by atoms with E-state index in [2.05, 4.69) is 9.97 Å². The van der Waals surface area contributed by atoms with Gasteiger partial charge in [0.25, 0.3) is 0 Å². The molecule has 88 valence electrons. The summed E-state index contributed by atoms with van der Waals surface area (Å²) in [5.41, 5.74) is 1.72. The van der Waals surface area contributed by atoms with Gasteiger partial charge in [-0.1, -0.05) is 11.6 Å². The van der Waals surface area contributed by atoms with Crippen molar-refractivity contribution >= 4 is 23.2 Å². The van der Waals surface area contributed by atoms with Gasteiger partial charge in [0.2, 0.25) is 0 Å². The number of aryl methyl sites for hydroxylation is 1. The fourth-order valence-electron chi connectivity index (χ4n) is 1.26. The van der Waals surface area contributed by atoms with Crippen molar-refractivity contribution in [2.45, 2.75) is 12.8 Å². The maximum atomic E-state index is 5.78. The van der Waals surface area contributed by atoms with Crippen molar-refractivity contribution in [1.82, 2.24) is 9.97 Å². The molecule has 1 heterocycles. The normalized spacial score (nSPS) is 10.3. The lowest BCUT2D eigenvalue weighted by Gasteiger charge is -2.06. The van der Waals surface area contributed by atoms with Gasteiger partial charge in [-0.3, -0.25) is 0 Å². The minimum atomic E-state index is 0.304. The molecule has 0 N–H and O–H groups in total. The van der Waals surface area contributed by atoms with Crippen LogP contribution in [0.3, 0.4) is 0 Å². The van der Waals surface area contributed by atoms with Crippen LogP contribution in [0.15, 0.2) is 30.5 Å². The van der Waals surface area contributed by atoms with Gasteiger partial charge in [-0.15, -0.1) is 11.6 Å². The maximum absolute atomic E-state index is 5.78. The topological polar surface area (TPSA) is 35.0 Å². The van der Waals surface area contributed by atoms with Crippen molar-refractivity contribution in [1.29, 1.82) is 0 Å². The highest BCUT2D eigenvalue weighted by molar-refractivity contribution is 6.30. The van der Waals surface area contributed by atoms with Crippen LogP contribution in [0.5, 0.6) is 11.8 Å². The summed E-state index contributed by atoms with van der Waals surface area (Å²) in [6.07, 6.45) is 1.67. The van der Waals surface area contributed by atoms with E-state index in [1.807, 2.05) is 6.92 Å². The van der Waals surface area contributed by atoms with Gasteiger partial charge in [0.05, 0.1) is 5.88 Å². The lowest BCUT2D eigenvalue weighted by Crippen LogP contribution is -1.97. The Hall–Kier alpha value is -1.32. The van der Waals surface area contributed by atoms with Gasteiger partial charge in [0, 0.05) is 22.5 Å². The molecule has 3 nitrogen and oxygen atoms in total. The van der Waals surface area contributed by atoms with Crippen LogP contribution in [0, 0.1) is 6.92 Å². The molecule has 0 unspecified atom stereocenters. The van der Waals surface area contributed by atoms with Gasteiger partial charge in [0.1, 0.15) is 5.75 Å². The van der Waals surface area contributed by atoms with Gasteiger partial charge in [-0.05, 0) is 31.2 Å². The molecule has 1 aromatic heterocycles. The van der Waals surface area contributed by atoms with E-state index in [1.165, 1.54) is 0 Å². The van der Waals surface area contributed by atoms with Crippen molar-refractivity contribution in [3.8, 4) is 11.8 Å². The first kappa shape index (κ1) is 12.1. The maximum Gasteiger partial charge on any atom is 0.322 e. The summed E-state index contributed by atoms with van der Waals surface area (Å²) in [4.78, 5) is 8.29. The summed E-state index contributed by atoms with van der Waals surface area (Å²) in [5, 5.41) is 0.659. The molecule has 5 heteroatoms. The highest BCUT2D eigenvalue weighted by atomic mass is 35.5. The van der Waals surface area contributed by atoms with E-state index < -0.39 is 0 Å². The Morgan fingerprint density at radius 1 is 1.24 bits per heavy atom. The van der Waals surface area contributed by atoms with Crippen molar-refractivity contribution in [3.05, 3.63) is 46.7 Å². The first-order valence-corrected chi connectivity index (χ1v) is 5.92. The zero-order chi connectivity index (χ0) is 12.3. The predicted octanol–water partition coefficient (Wildman–Crippen LogP) is 3.97.